The van der Waals surface area contributed by atoms with E-state index in [-0.39, 0.29) is 5.92 Å². The van der Waals surface area contributed by atoms with Crippen LogP contribution in [0.15, 0.2) is 0 Å². The minimum Gasteiger partial charge on any atom is -0.381 e. The van der Waals surface area contributed by atoms with Crippen LogP contribution in [0.4, 0.5) is 0 Å². The van der Waals surface area contributed by atoms with Gasteiger partial charge in [0.05, 0.1) is 0 Å². The lowest BCUT2D eigenvalue weighted by molar-refractivity contribution is -0.140. The highest BCUT2D eigenvalue weighted by Crippen LogP contribution is 2.23. The summed E-state index contributed by atoms with van der Waals surface area (Å²) >= 11 is 0. The Balaban J connectivity index is 1.71. The highest BCUT2D eigenvalue weighted by Gasteiger charge is 2.29. The molecule has 2 rings (SSSR count). The van der Waals surface area contributed by atoms with E-state index in [1.54, 1.807) is 0 Å². The summed E-state index contributed by atoms with van der Waals surface area (Å²) in [6.07, 6.45) is 5.39. The molecule has 116 valence electrons. The Hall–Kier alpha value is -0.610. The van der Waals surface area contributed by atoms with Crippen LogP contribution in [0.3, 0.4) is 0 Å². The van der Waals surface area contributed by atoms with Gasteiger partial charge in [0, 0.05) is 38.8 Å². The molecule has 0 atom stereocenters. The fourth-order valence-electron chi connectivity index (χ4n) is 3.45. The highest BCUT2D eigenvalue weighted by molar-refractivity contribution is 5.79. The van der Waals surface area contributed by atoms with E-state index in [0.717, 1.165) is 45.1 Å². The monoisotopic (exact) mass is 282 g/mol. The van der Waals surface area contributed by atoms with Gasteiger partial charge in [0.1, 0.15) is 0 Å². The second-order valence-electron chi connectivity index (χ2n) is 6.42. The molecule has 20 heavy (non-hydrogen) atoms. The zero-order valence-corrected chi connectivity index (χ0v) is 13.1. The molecule has 0 saturated carbocycles. The van der Waals surface area contributed by atoms with E-state index in [1.165, 1.54) is 32.4 Å². The number of likely N-dealkylation sites (tertiary alicyclic amines) is 1. The Labute approximate surface area is 123 Å². The third-order valence-corrected chi connectivity index (χ3v) is 4.67. The molecule has 0 radical (unpaired) electrons. The fourth-order valence-corrected chi connectivity index (χ4v) is 3.45. The summed E-state index contributed by atoms with van der Waals surface area (Å²) in [5.74, 6) is 1.38. The van der Waals surface area contributed by atoms with Crippen molar-refractivity contribution in [3.05, 3.63) is 0 Å². The minimum atomic E-state index is 0.225. The van der Waals surface area contributed by atoms with Crippen LogP contribution < -0.4 is 0 Å². The summed E-state index contributed by atoms with van der Waals surface area (Å²) in [6.45, 7) is 8.03. The highest BCUT2D eigenvalue weighted by atomic mass is 16.5. The second-order valence-corrected chi connectivity index (χ2v) is 6.42. The standard InChI is InChI=1S/C16H30N2O2/c1-3-8-17(2)13-14-4-9-18(10-5-14)16(19)15-6-11-20-12-7-15/h14-15H,3-13H2,1-2H3. The first-order chi connectivity index (χ1) is 9.70. The van der Waals surface area contributed by atoms with Crippen molar-refractivity contribution < 1.29 is 9.53 Å². The molecule has 2 saturated heterocycles. The molecule has 0 spiro atoms. The number of amides is 1. The number of hydrogen-bond acceptors (Lipinski definition) is 3. The van der Waals surface area contributed by atoms with E-state index < -0.39 is 0 Å². The molecule has 2 aliphatic rings. The average molecular weight is 282 g/mol. The molecular weight excluding hydrogens is 252 g/mol. The normalized spacial score (nSPS) is 22.4. The van der Waals surface area contributed by atoms with Crippen LogP contribution in [0, 0.1) is 11.8 Å². The molecule has 4 nitrogen and oxygen atoms in total. The first-order valence-corrected chi connectivity index (χ1v) is 8.25. The van der Waals surface area contributed by atoms with Crippen molar-refractivity contribution in [1.82, 2.24) is 9.80 Å². The van der Waals surface area contributed by atoms with E-state index >= 15 is 0 Å². The van der Waals surface area contributed by atoms with Crippen LogP contribution in [0.1, 0.15) is 39.0 Å². The lowest BCUT2D eigenvalue weighted by Crippen LogP contribution is -2.44. The molecule has 0 bridgehead atoms. The maximum Gasteiger partial charge on any atom is 0.225 e. The Kier molecular flexibility index (Phi) is 6.30. The molecule has 0 aromatic carbocycles. The maximum atomic E-state index is 12.4. The van der Waals surface area contributed by atoms with Crippen molar-refractivity contribution in [2.75, 3.05) is 46.4 Å². The van der Waals surface area contributed by atoms with Gasteiger partial charge in [-0.2, -0.15) is 0 Å². The van der Waals surface area contributed by atoms with Crippen molar-refractivity contribution in [2.45, 2.75) is 39.0 Å². The van der Waals surface area contributed by atoms with Crippen molar-refractivity contribution in [2.24, 2.45) is 11.8 Å². The number of hydrogen-bond donors (Lipinski definition) is 0. The molecule has 1 amide bonds. The van der Waals surface area contributed by atoms with Crippen molar-refractivity contribution in [3.8, 4) is 0 Å². The predicted octanol–water partition coefficient (Wildman–Crippen LogP) is 1.99. The SMILES string of the molecule is CCCN(C)CC1CCN(C(=O)C2CCOCC2)CC1. The van der Waals surface area contributed by atoms with E-state index in [4.69, 9.17) is 4.74 Å². The molecule has 2 fully saturated rings. The van der Waals surface area contributed by atoms with Gasteiger partial charge in [-0.05, 0) is 51.6 Å². The third-order valence-electron chi connectivity index (χ3n) is 4.67. The molecule has 0 aromatic rings. The van der Waals surface area contributed by atoms with Crippen molar-refractivity contribution in [1.29, 1.82) is 0 Å². The van der Waals surface area contributed by atoms with Crippen LogP contribution >= 0.6 is 0 Å². The molecule has 2 aliphatic heterocycles. The van der Waals surface area contributed by atoms with Gasteiger partial charge in [-0.15, -0.1) is 0 Å². The smallest absolute Gasteiger partial charge is 0.225 e. The molecule has 0 aromatic heterocycles. The second kappa shape index (κ2) is 7.99. The molecule has 0 aliphatic carbocycles. The van der Waals surface area contributed by atoms with Gasteiger partial charge in [0.15, 0.2) is 0 Å². The summed E-state index contributed by atoms with van der Waals surface area (Å²) in [7, 11) is 2.21. The number of ether oxygens (including phenoxy) is 1. The van der Waals surface area contributed by atoms with E-state index in [1.807, 2.05) is 0 Å². The Morgan fingerprint density at radius 2 is 1.85 bits per heavy atom. The van der Waals surface area contributed by atoms with Gasteiger partial charge in [0.2, 0.25) is 5.91 Å². The lowest BCUT2D eigenvalue weighted by atomic mass is 9.93. The average Bonchev–Trinajstić information content (AvgIpc) is 2.48. The fraction of sp³-hybridized carbons (Fsp3) is 0.938. The van der Waals surface area contributed by atoms with E-state index in [0.29, 0.717) is 5.91 Å². The Morgan fingerprint density at radius 1 is 1.20 bits per heavy atom. The largest absolute Gasteiger partial charge is 0.381 e. The van der Waals surface area contributed by atoms with Gasteiger partial charge < -0.3 is 14.5 Å². The zero-order valence-electron chi connectivity index (χ0n) is 13.1. The number of piperidine rings is 1. The van der Waals surface area contributed by atoms with Crippen LogP contribution in [0.5, 0.6) is 0 Å². The Bertz CT molecular complexity index is 295. The van der Waals surface area contributed by atoms with Crippen LogP contribution in [0.2, 0.25) is 0 Å². The van der Waals surface area contributed by atoms with E-state index in [9.17, 15) is 4.79 Å². The number of carbonyl (C=O) groups excluding carboxylic acids is 1. The lowest BCUT2D eigenvalue weighted by Gasteiger charge is -2.36. The summed E-state index contributed by atoms with van der Waals surface area (Å²) in [6, 6.07) is 0. The minimum absolute atomic E-state index is 0.225. The number of carbonyl (C=O) groups is 1. The molecule has 0 N–H and O–H groups in total. The number of nitrogens with zero attached hydrogens (tertiary/aromatic N) is 2. The molecule has 0 unspecified atom stereocenters. The molecule has 2 heterocycles. The van der Waals surface area contributed by atoms with Gasteiger partial charge in [-0.3, -0.25) is 4.79 Å². The van der Waals surface area contributed by atoms with E-state index in [2.05, 4.69) is 23.8 Å². The summed E-state index contributed by atoms with van der Waals surface area (Å²) in [4.78, 5) is 17.0. The summed E-state index contributed by atoms with van der Waals surface area (Å²) in [5, 5.41) is 0. The predicted molar refractivity (Wildman–Crippen MR) is 80.6 cm³/mol. The van der Waals surface area contributed by atoms with Gasteiger partial charge in [-0.1, -0.05) is 6.92 Å². The third kappa shape index (κ3) is 4.45. The number of rotatable bonds is 5. The molecule has 4 heteroatoms. The zero-order chi connectivity index (χ0) is 14.4. The van der Waals surface area contributed by atoms with Crippen molar-refractivity contribution >= 4 is 5.91 Å². The van der Waals surface area contributed by atoms with Crippen LogP contribution in [-0.2, 0) is 9.53 Å². The first-order valence-electron chi connectivity index (χ1n) is 8.25. The topological polar surface area (TPSA) is 32.8 Å². The summed E-state index contributed by atoms with van der Waals surface area (Å²) < 4.78 is 5.34. The van der Waals surface area contributed by atoms with Crippen molar-refractivity contribution in [3.63, 3.8) is 0 Å². The van der Waals surface area contributed by atoms with Gasteiger partial charge in [-0.25, -0.2) is 0 Å². The van der Waals surface area contributed by atoms with Gasteiger partial charge >= 0.3 is 0 Å². The maximum absolute atomic E-state index is 12.4. The quantitative estimate of drug-likeness (QED) is 0.773. The van der Waals surface area contributed by atoms with Crippen LogP contribution in [-0.4, -0.2) is 62.1 Å². The first kappa shape index (κ1) is 15.8. The van der Waals surface area contributed by atoms with Gasteiger partial charge in [0.25, 0.3) is 0 Å². The van der Waals surface area contributed by atoms with Crippen LogP contribution in [0.25, 0.3) is 0 Å². The Morgan fingerprint density at radius 3 is 2.45 bits per heavy atom. The summed E-state index contributed by atoms with van der Waals surface area (Å²) in [5.41, 5.74) is 0. The molecular formula is C16H30N2O2.